The van der Waals surface area contributed by atoms with Crippen LogP contribution >= 0.6 is 34.0 Å². The van der Waals surface area contributed by atoms with Gasteiger partial charge in [-0.1, -0.05) is 0 Å². The molecule has 0 amide bonds. The number of thiophene rings is 3. The Hall–Kier alpha value is -1.30. The molecule has 0 N–H and O–H groups in total. The van der Waals surface area contributed by atoms with Crippen molar-refractivity contribution in [1.29, 1.82) is 0 Å². The van der Waals surface area contributed by atoms with Crippen LogP contribution in [0.5, 0.6) is 0 Å². The van der Waals surface area contributed by atoms with Crippen molar-refractivity contribution in [3.63, 3.8) is 0 Å². The predicted molar refractivity (Wildman–Crippen MR) is 95.1 cm³/mol. The van der Waals surface area contributed by atoms with Gasteiger partial charge in [0.25, 0.3) is 0 Å². The van der Waals surface area contributed by atoms with E-state index in [1.165, 1.54) is 29.3 Å². The Morgan fingerprint density at radius 1 is 1.00 bits per heavy atom. The molecule has 106 valence electrons. The third-order valence-corrected chi connectivity index (χ3v) is 9.50. The van der Waals surface area contributed by atoms with Gasteiger partial charge in [0.1, 0.15) is 0 Å². The van der Waals surface area contributed by atoms with E-state index in [1.54, 1.807) is 39.5 Å². The molecule has 0 bridgehead atoms. The topological polar surface area (TPSA) is 34.1 Å². The Bertz CT molecular complexity index is 1090. The molecule has 4 aromatic heterocycles. The molecule has 22 heavy (non-hydrogen) atoms. The molecule has 0 spiro atoms. The summed E-state index contributed by atoms with van der Waals surface area (Å²) in [4.78, 5) is 25.7. The Morgan fingerprint density at radius 3 is 2.55 bits per heavy atom. The number of Topliss-reactive ketones (excluding diaryl/α,β-unsaturated/α-hetero) is 2. The molecule has 4 heterocycles. The molecular formula is C16H6O2S3Se. The second kappa shape index (κ2) is 4.60. The first kappa shape index (κ1) is 13.2. The molecule has 0 unspecified atom stereocenters. The van der Waals surface area contributed by atoms with Gasteiger partial charge in [0, 0.05) is 0 Å². The van der Waals surface area contributed by atoms with E-state index >= 15 is 0 Å². The Morgan fingerprint density at radius 2 is 1.77 bits per heavy atom. The van der Waals surface area contributed by atoms with Crippen LogP contribution in [0.15, 0.2) is 33.8 Å². The van der Waals surface area contributed by atoms with Crippen LogP contribution in [0, 0.1) is 0 Å². The maximum atomic E-state index is 12.3. The maximum absolute atomic E-state index is 12.3. The van der Waals surface area contributed by atoms with Crippen molar-refractivity contribution < 1.29 is 9.59 Å². The van der Waals surface area contributed by atoms with E-state index in [0.717, 1.165) is 4.88 Å². The average Bonchev–Trinajstić information content (AvgIpc) is 3.24. The quantitative estimate of drug-likeness (QED) is 0.261. The van der Waals surface area contributed by atoms with Crippen LogP contribution in [0.4, 0.5) is 0 Å². The minimum absolute atomic E-state index is 0.128. The number of ketones is 2. The summed E-state index contributed by atoms with van der Waals surface area (Å²) in [5, 5.41) is 5.67. The van der Waals surface area contributed by atoms with Crippen molar-refractivity contribution in [2.24, 2.45) is 0 Å². The summed E-state index contributed by atoms with van der Waals surface area (Å²) in [5.41, 5.74) is 1.45. The van der Waals surface area contributed by atoms with E-state index in [0.29, 0.717) is 31.2 Å². The van der Waals surface area contributed by atoms with E-state index in [1.807, 2.05) is 0 Å². The molecule has 1 aliphatic carbocycles. The molecule has 6 heteroatoms. The van der Waals surface area contributed by atoms with Crippen LogP contribution in [-0.2, 0) is 0 Å². The number of hydrogen-bond acceptors (Lipinski definition) is 5. The van der Waals surface area contributed by atoms with Gasteiger partial charge in [-0.3, -0.25) is 0 Å². The SMILES string of the molecule is O=C1C(=Cc2cc3[se]c4ccsc4c3s2)C(=O)c2cscc21. The van der Waals surface area contributed by atoms with E-state index < -0.39 is 0 Å². The second-order valence-corrected chi connectivity index (χ2v) is 9.99. The number of carbonyl (C=O) groups excluding carboxylic acids is 2. The first-order valence-corrected chi connectivity index (χ1v) is 10.8. The number of hydrogen-bond donors (Lipinski definition) is 0. The van der Waals surface area contributed by atoms with Gasteiger partial charge in [0.2, 0.25) is 0 Å². The molecule has 0 saturated heterocycles. The van der Waals surface area contributed by atoms with Crippen molar-refractivity contribution >= 4 is 84.1 Å². The fourth-order valence-corrected chi connectivity index (χ4v) is 9.09. The third kappa shape index (κ3) is 1.70. The number of fused-ring (bicyclic) bond motifs is 4. The fourth-order valence-electron chi connectivity index (χ4n) is 2.67. The summed E-state index contributed by atoms with van der Waals surface area (Å²) in [6.07, 6.45) is 1.78. The van der Waals surface area contributed by atoms with Crippen molar-refractivity contribution in [3.8, 4) is 0 Å². The molecule has 0 aromatic carbocycles. The molecule has 0 atom stereocenters. The third-order valence-electron chi connectivity index (χ3n) is 3.70. The van der Waals surface area contributed by atoms with Crippen LogP contribution < -0.4 is 0 Å². The molecule has 0 saturated carbocycles. The summed E-state index contributed by atoms with van der Waals surface area (Å²) < 4.78 is 5.52. The second-order valence-electron chi connectivity index (χ2n) is 4.97. The molecular weight excluding hydrogens is 399 g/mol. The minimum atomic E-state index is -0.128. The first-order chi connectivity index (χ1) is 10.7. The van der Waals surface area contributed by atoms with Crippen LogP contribution in [0.3, 0.4) is 0 Å². The summed E-state index contributed by atoms with van der Waals surface area (Å²) in [6, 6.07) is 4.35. The standard InChI is InChI=1S/C16H6O2S3Se/c17-13-8(14(18)10-6-19-5-9(10)13)3-7-4-12-16(21-7)15-11(22-12)1-2-20-15/h1-6H. The number of carbonyl (C=O) groups is 2. The van der Waals surface area contributed by atoms with E-state index in [9.17, 15) is 9.59 Å². The molecule has 5 rings (SSSR count). The van der Waals surface area contributed by atoms with Crippen LogP contribution in [0.2, 0.25) is 0 Å². The summed E-state index contributed by atoms with van der Waals surface area (Å²) in [5.74, 6) is -0.255. The van der Waals surface area contributed by atoms with Gasteiger partial charge < -0.3 is 0 Å². The van der Waals surface area contributed by atoms with Crippen molar-refractivity contribution in [2.75, 3.05) is 0 Å². The normalized spacial score (nSPS) is 14.5. The van der Waals surface area contributed by atoms with Gasteiger partial charge >= 0.3 is 144 Å². The summed E-state index contributed by atoms with van der Waals surface area (Å²) in [6.45, 7) is 0. The molecule has 0 radical (unpaired) electrons. The van der Waals surface area contributed by atoms with Gasteiger partial charge in [-0.2, -0.15) is 0 Å². The van der Waals surface area contributed by atoms with Crippen molar-refractivity contribution in [1.82, 2.24) is 0 Å². The molecule has 0 fully saturated rings. The Labute approximate surface area is 143 Å². The number of rotatable bonds is 1. The van der Waals surface area contributed by atoms with Crippen molar-refractivity contribution in [2.45, 2.75) is 0 Å². The zero-order chi connectivity index (χ0) is 14.8. The van der Waals surface area contributed by atoms with Crippen LogP contribution in [0.1, 0.15) is 25.6 Å². The Kier molecular flexibility index (Phi) is 2.75. The van der Waals surface area contributed by atoms with E-state index in [2.05, 4.69) is 17.5 Å². The molecule has 4 aromatic rings. The Balaban J connectivity index is 1.66. The monoisotopic (exact) mass is 406 g/mol. The van der Waals surface area contributed by atoms with Gasteiger partial charge in [0.05, 0.1) is 0 Å². The van der Waals surface area contributed by atoms with Crippen LogP contribution in [-0.4, -0.2) is 26.1 Å². The van der Waals surface area contributed by atoms with Gasteiger partial charge in [0.15, 0.2) is 0 Å². The van der Waals surface area contributed by atoms with E-state index in [-0.39, 0.29) is 11.6 Å². The van der Waals surface area contributed by atoms with Crippen LogP contribution in [0.25, 0.3) is 24.0 Å². The molecule has 0 aliphatic heterocycles. The summed E-state index contributed by atoms with van der Waals surface area (Å²) >= 11 is 5.23. The average molecular weight is 405 g/mol. The summed E-state index contributed by atoms with van der Waals surface area (Å²) in [7, 11) is 0. The zero-order valence-corrected chi connectivity index (χ0v) is 15.1. The van der Waals surface area contributed by atoms with Gasteiger partial charge in [-0.15, -0.1) is 0 Å². The van der Waals surface area contributed by atoms with Crippen molar-refractivity contribution in [3.05, 3.63) is 49.9 Å². The fraction of sp³-hybridized carbons (Fsp3) is 0. The zero-order valence-electron chi connectivity index (χ0n) is 10.9. The molecule has 2 nitrogen and oxygen atoms in total. The molecule has 1 aliphatic rings. The predicted octanol–water partition coefficient (Wildman–Crippen LogP) is 4.70. The first-order valence-electron chi connectivity index (χ1n) is 6.49. The van der Waals surface area contributed by atoms with E-state index in [4.69, 9.17) is 0 Å². The van der Waals surface area contributed by atoms with Gasteiger partial charge in [-0.25, -0.2) is 0 Å². The van der Waals surface area contributed by atoms with Gasteiger partial charge in [-0.05, 0) is 0 Å². The number of allylic oxidation sites excluding steroid dienone is 1.